The number of piperazine rings is 1. The minimum Gasteiger partial charge on any atom is -0.404 e. The molecule has 0 bridgehead atoms. The number of ether oxygens (including phenoxy) is 1. The highest BCUT2D eigenvalue weighted by Crippen LogP contribution is 2.14. The van der Waals surface area contributed by atoms with Gasteiger partial charge in [-0.15, -0.1) is 0 Å². The normalized spacial score (nSPS) is 15.9. The molecule has 2 heterocycles. The Labute approximate surface area is 146 Å². The molecule has 1 aromatic heterocycles. The molecule has 0 saturated carbocycles. The number of rotatable bonds is 4. The van der Waals surface area contributed by atoms with Gasteiger partial charge in [0.05, 0.1) is 11.8 Å². The molecular formula is C19H21N3O3. The van der Waals surface area contributed by atoms with Crippen molar-refractivity contribution in [1.29, 1.82) is 0 Å². The molecule has 25 heavy (non-hydrogen) atoms. The van der Waals surface area contributed by atoms with Gasteiger partial charge in [0.2, 0.25) is 5.88 Å². The Morgan fingerprint density at radius 2 is 1.68 bits per heavy atom. The summed E-state index contributed by atoms with van der Waals surface area (Å²) >= 11 is 0. The van der Waals surface area contributed by atoms with Gasteiger partial charge in [0.15, 0.2) is 0 Å². The van der Waals surface area contributed by atoms with Crippen LogP contribution in [0.5, 0.6) is 0 Å². The lowest BCUT2D eigenvalue weighted by Crippen LogP contribution is -2.44. The van der Waals surface area contributed by atoms with Gasteiger partial charge in [-0.3, -0.25) is 9.36 Å². The van der Waals surface area contributed by atoms with Crippen LogP contribution >= 0.6 is 0 Å². The van der Waals surface area contributed by atoms with E-state index in [1.807, 2.05) is 11.0 Å². The molecule has 0 radical (unpaired) electrons. The summed E-state index contributed by atoms with van der Waals surface area (Å²) in [6, 6.07) is 13.7. The molecule has 1 fully saturated rings. The van der Waals surface area contributed by atoms with Crippen molar-refractivity contribution < 1.29 is 9.53 Å². The maximum absolute atomic E-state index is 12.4. The zero-order valence-electron chi connectivity index (χ0n) is 14.2. The maximum Gasteiger partial charge on any atom is 0.344 e. The predicted octanol–water partition coefficient (Wildman–Crippen LogP) is 1.71. The molecule has 0 aliphatic carbocycles. The number of hydrogen-bond donors (Lipinski definition) is 0. The van der Waals surface area contributed by atoms with Gasteiger partial charge in [0.1, 0.15) is 0 Å². The van der Waals surface area contributed by atoms with Crippen LogP contribution in [0.4, 0.5) is 0 Å². The quantitative estimate of drug-likeness (QED) is 0.627. The Hall–Kier alpha value is -2.86. The van der Waals surface area contributed by atoms with E-state index in [0.29, 0.717) is 11.4 Å². The van der Waals surface area contributed by atoms with E-state index in [2.05, 4.69) is 11.9 Å². The first kappa shape index (κ1) is 17.0. The van der Waals surface area contributed by atoms with Crippen LogP contribution in [-0.4, -0.2) is 53.6 Å². The number of esters is 1. The first-order valence-electron chi connectivity index (χ1n) is 8.23. The number of benzene rings is 1. The number of likely N-dealkylation sites (N-methyl/N-ethyl adjacent to an activating group) is 1. The molecule has 0 atom stereocenters. The molecular weight excluding hydrogens is 318 g/mol. The highest BCUT2D eigenvalue weighted by atomic mass is 16.6. The molecule has 0 unspecified atom stereocenters. The van der Waals surface area contributed by atoms with Gasteiger partial charge in [-0.1, -0.05) is 24.3 Å². The molecule has 130 valence electrons. The maximum atomic E-state index is 12.4. The monoisotopic (exact) mass is 339 g/mol. The van der Waals surface area contributed by atoms with Crippen LogP contribution in [0.3, 0.4) is 0 Å². The fourth-order valence-corrected chi connectivity index (χ4v) is 2.59. The summed E-state index contributed by atoms with van der Waals surface area (Å²) < 4.78 is 7.06. The van der Waals surface area contributed by atoms with Gasteiger partial charge in [-0.05, 0) is 25.2 Å². The molecule has 0 spiro atoms. The van der Waals surface area contributed by atoms with Gasteiger partial charge in [-0.25, -0.2) is 4.79 Å². The van der Waals surface area contributed by atoms with Crippen molar-refractivity contribution in [2.75, 3.05) is 33.2 Å². The minimum atomic E-state index is -0.435. The molecule has 6 heteroatoms. The Morgan fingerprint density at radius 1 is 1.00 bits per heavy atom. The van der Waals surface area contributed by atoms with E-state index < -0.39 is 5.97 Å². The molecule has 3 rings (SSSR count). The van der Waals surface area contributed by atoms with E-state index in [1.165, 1.54) is 10.6 Å². The van der Waals surface area contributed by atoms with E-state index in [1.54, 1.807) is 48.8 Å². The van der Waals surface area contributed by atoms with Crippen molar-refractivity contribution in [3.8, 4) is 0 Å². The van der Waals surface area contributed by atoms with Crippen molar-refractivity contribution in [1.82, 2.24) is 14.4 Å². The SMILES string of the molecule is CN1CCN(C(=Cn2ccccc2=O)OC(=O)c2ccccc2)CC1. The molecule has 6 nitrogen and oxygen atoms in total. The van der Waals surface area contributed by atoms with Crippen LogP contribution in [0.15, 0.2) is 65.4 Å². The number of hydrogen-bond acceptors (Lipinski definition) is 5. The number of nitrogens with zero attached hydrogens (tertiary/aromatic N) is 3. The van der Waals surface area contributed by atoms with Crippen LogP contribution in [0, 0.1) is 0 Å². The summed E-state index contributed by atoms with van der Waals surface area (Å²) in [7, 11) is 2.05. The van der Waals surface area contributed by atoms with Gasteiger partial charge < -0.3 is 14.5 Å². The fraction of sp³-hybridized carbons (Fsp3) is 0.263. The zero-order valence-corrected chi connectivity index (χ0v) is 14.2. The third-order valence-corrected chi connectivity index (χ3v) is 4.12. The second-order valence-corrected chi connectivity index (χ2v) is 5.96. The second kappa shape index (κ2) is 7.81. The third-order valence-electron chi connectivity index (χ3n) is 4.12. The van der Waals surface area contributed by atoms with Crippen LogP contribution < -0.4 is 5.56 Å². The lowest BCUT2D eigenvalue weighted by molar-refractivity contribution is 0.0445. The summed E-state index contributed by atoms with van der Waals surface area (Å²) in [5.41, 5.74) is 0.299. The Balaban J connectivity index is 1.88. The summed E-state index contributed by atoms with van der Waals surface area (Å²) in [6.07, 6.45) is 3.23. The summed E-state index contributed by atoms with van der Waals surface area (Å²) in [5.74, 6) is -0.0509. The molecule has 2 aromatic rings. The molecule has 1 aliphatic rings. The molecule has 1 aromatic carbocycles. The molecule has 0 N–H and O–H groups in total. The van der Waals surface area contributed by atoms with E-state index in [0.717, 1.165) is 26.2 Å². The number of carbonyl (C=O) groups excluding carboxylic acids is 1. The van der Waals surface area contributed by atoms with Crippen LogP contribution in [-0.2, 0) is 4.74 Å². The highest BCUT2D eigenvalue weighted by Gasteiger charge is 2.20. The first-order valence-corrected chi connectivity index (χ1v) is 8.23. The van der Waals surface area contributed by atoms with Crippen molar-refractivity contribution in [3.05, 3.63) is 76.5 Å². The smallest absolute Gasteiger partial charge is 0.344 e. The van der Waals surface area contributed by atoms with Crippen LogP contribution in [0.1, 0.15) is 10.4 Å². The van der Waals surface area contributed by atoms with Crippen LogP contribution in [0.25, 0.3) is 6.20 Å². The Kier molecular flexibility index (Phi) is 5.30. The second-order valence-electron chi connectivity index (χ2n) is 5.96. The standard InChI is InChI=1S/C19H21N3O3/c1-20-11-13-21(14-12-20)18(15-22-10-6-5-9-17(22)23)25-19(24)16-7-3-2-4-8-16/h2-10,15H,11-14H2,1H3. The predicted molar refractivity (Wildman–Crippen MR) is 95.9 cm³/mol. The van der Waals surface area contributed by atoms with E-state index in [9.17, 15) is 9.59 Å². The van der Waals surface area contributed by atoms with Gasteiger partial charge in [-0.2, -0.15) is 0 Å². The largest absolute Gasteiger partial charge is 0.404 e. The lowest BCUT2D eigenvalue weighted by Gasteiger charge is -2.34. The number of aromatic nitrogens is 1. The van der Waals surface area contributed by atoms with Gasteiger partial charge >= 0.3 is 5.97 Å². The average Bonchev–Trinajstić information content (AvgIpc) is 2.64. The number of carbonyl (C=O) groups is 1. The van der Waals surface area contributed by atoms with Crippen molar-refractivity contribution >= 4 is 12.2 Å². The Morgan fingerprint density at radius 3 is 2.36 bits per heavy atom. The first-order chi connectivity index (χ1) is 12.1. The summed E-state index contributed by atoms with van der Waals surface area (Å²) in [5, 5.41) is 0. The topological polar surface area (TPSA) is 54.8 Å². The third kappa shape index (κ3) is 4.36. The van der Waals surface area contributed by atoms with E-state index in [-0.39, 0.29) is 5.56 Å². The highest BCUT2D eigenvalue weighted by molar-refractivity contribution is 5.90. The zero-order chi connectivity index (χ0) is 17.6. The Bertz CT molecular complexity index is 806. The lowest BCUT2D eigenvalue weighted by atomic mass is 10.2. The summed E-state index contributed by atoms with van der Waals surface area (Å²) in [6.45, 7) is 3.19. The molecule has 1 saturated heterocycles. The van der Waals surface area contributed by atoms with Crippen LogP contribution in [0.2, 0.25) is 0 Å². The van der Waals surface area contributed by atoms with E-state index >= 15 is 0 Å². The minimum absolute atomic E-state index is 0.176. The number of pyridine rings is 1. The fourth-order valence-electron chi connectivity index (χ4n) is 2.59. The van der Waals surface area contributed by atoms with Crippen molar-refractivity contribution in [2.45, 2.75) is 0 Å². The van der Waals surface area contributed by atoms with E-state index in [4.69, 9.17) is 4.74 Å². The molecule has 1 aliphatic heterocycles. The van der Waals surface area contributed by atoms with Crippen molar-refractivity contribution in [2.24, 2.45) is 0 Å². The van der Waals surface area contributed by atoms with Gasteiger partial charge in [0, 0.05) is 38.4 Å². The molecule has 0 amide bonds. The average molecular weight is 339 g/mol. The van der Waals surface area contributed by atoms with Crippen molar-refractivity contribution in [3.63, 3.8) is 0 Å². The summed E-state index contributed by atoms with van der Waals surface area (Å²) in [4.78, 5) is 28.6. The van der Waals surface area contributed by atoms with Gasteiger partial charge in [0.25, 0.3) is 5.56 Å².